The van der Waals surface area contributed by atoms with Crippen LogP contribution in [0.15, 0.2) is 36.7 Å². The van der Waals surface area contributed by atoms with Crippen molar-refractivity contribution in [1.29, 1.82) is 0 Å². The maximum atomic E-state index is 13.4. The Morgan fingerprint density at radius 3 is 2.83 bits per heavy atom. The molecule has 2 rings (SSSR count). The molecule has 1 aromatic heterocycles. The van der Waals surface area contributed by atoms with Crippen molar-refractivity contribution in [3.8, 4) is 5.75 Å². The summed E-state index contributed by atoms with van der Waals surface area (Å²) in [5.74, 6) is -1.39. The molecule has 0 radical (unpaired) electrons. The Morgan fingerprint density at radius 1 is 1.39 bits per heavy atom. The number of para-hydroxylation sites is 1. The minimum Gasteiger partial charge on any atom is -0.506 e. The van der Waals surface area contributed by atoms with Crippen molar-refractivity contribution in [1.82, 2.24) is 4.98 Å². The van der Waals surface area contributed by atoms with E-state index in [0.717, 1.165) is 6.20 Å². The predicted molar refractivity (Wildman–Crippen MR) is 65.0 cm³/mol. The molecule has 0 aliphatic carbocycles. The van der Waals surface area contributed by atoms with Gasteiger partial charge >= 0.3 is 0 Å². The van der Waals surface area contributed by atoms with Crippen LogP contribution in [0.3, 0.4) is 0 Å². The van der Waals surface area contributed by atoms with E-state index in [1.807, 2.05) is 0 Å². The summed E-state index contributed by atoms with van der Waals surface area (Å²) in [5, 5.41) is 12.1. The van der Waals surface area contributed by atoms with Gasteiger partial charge in [0.25, 0.3) is 5.91 Å². The highest BCUT2D eigenvalue weighted by Gasteiger charge is 2.14. The smallest absolute Gasteiger partial charge is 0.258 e. The van der Waals surface area contributed by atoms with Gasteiger partial charge in [-0.2, -0.15) is 0 Å². The molecule has 2 aromatic rings. The van der Waals surface area contributed by atoms with Crippen molar-refractivity contribution in [3.05, 3.63) is 53.6 Å². The van der Waals surface area contributed by atoms with E-state index in [0.29, 0.717) is 5.56 Å². The van der Waals surface area contributed by atoms with Gasteiger partial charge in [-0.1, -0.05) is 12.1 Å². The number of carbonyl (C=O) groups is 1. The molecule has 0 saturated carbocycles. The Morgan fingerprint density at radius 2 is 2.17 bits per heavy atom. The van der Waals surface area contributed by atoms with Crippen LogP contribution in [0.5, 0.6) is 5.75 Å². The molecule has 1 amide bonds. The highest BCUT2D eigenvalue weighted by Crippen LogP contribution is 2.27. The number of rotatable bonds is 2. The van der Waals surface area contributed by atoms with E-state index in [1.165, 1.54) is 18.3 Å². The summed E-state index contributed by atoms with van der Waals surface area (Å²) in [7, 11) is 0. The van der Waals surface area contributed by atoms with Crippen molar-refractivity contribution in [2.75, 3.05) is 5.32 Å². The molecule has 2 N–H and O–H groups in total. The van der Waals surface area contributed by atoms with Crippen molar-refractivity contribution in [2.45, 2.75) is 6.92 Å². The van der Waals surface area contributed by atoms with E-state index in [2.05, 4.69) is 10.3 Å². The van der Waals surface area contributed by atoms with E-state index in [1.54, 1.807) is 19.1 Å². The number of nitrogens with zero attached hydrogens (tertiary/aromatic N) is 1. The van der Waals surface area contributed by atoms with Crippen LogP contribution in [-0.4, -0.2) is 16.0 Å². The van der Waals surface area contributed by atoms with Crippen LogP contribution in [-0.2, 0) is 0 Å². The van der Waals surface area contributed by atoms with Gasteiger partial charge in [0.2, 0.25) is 0 Å². The molecule has 1 aromatic carbocycles. The van der Waals surface area contributed by atoms with E-state index < -0.39 is 11.7 Å². The summed E-state index contributed by atoms with van der Waals surface area (Å²) >= 11 is 0. The van der Waals surface area contributed by atoms with Gasteiger partial charge in [0, 0.05) is 6.20 Å². The van der Waals surface area contributed by atoms with Gasteiger partial charge in [-0.3, -0.25) is 9.78 Å². The average Bonchev–Trinajstić information content (AvgIpc) is 2.34. The van der Waals surface area contributed by atoms with E-state index >= 15 is 0 Å². The molecule has 1 heterocycles. The molecule has 0 aliphatic rings. The number of amides is 1. The fraction of sp³-hybridized carbons (Fsp3) is 0.0769. The first-order valence-corrected chi connectivity index (χ1v) is 5.29. The summed E-state index contributed by atoms with van der Waals surface area (Å²) < 4.78 is 13.4. The molecule has 0 bridgehead atoms. The van der Waals surface area contributed by atoms with Crippen LogP contribution in [0.2, 0.25) is 0 Å². The number of hydrogen-bond acceptors (Lipinski definition) is 3. The standard InChI is InChI=1S/C13H11FN2O2/c1-8-3-2-4-11(17)12(8)16-13(18)9-5-6-15-7-10(9)14/h2-7,17H,1H3,(H,16,18). The lowest BCUT2D eigenvalue weighted by molar-refractivity contribution is 0.102. The quantitative estimate of drug-likeness (QED) is 0.800. The van der Waals surface area contributed by atoms with Crippen LogP contribution in [0, 0.1) is 12.7 Å². The number of aryl methyl sites for hydroxylation is 1. The summed E-state index contributed by atoms with van der Waals surface area (Å²) in [5.41, 5.74) is 0.851. The van der Waals surface area contributed by atoms with Gasteiger partial charge < -0.3 is 10.4 Å². The largest absolute Gasteiger partial charge is 0.506 e. The minimum absolute atomic E-state index is 0.0576. The zero-order valence-electron chi connectivity index (χ0n) is 9.64. The zero-order chi connectivity index (χ0) is 13.1. The monoisotopic (exact) mass is 246 g/mol. The highest BCUT2D eigenvalue weighted by atomic mass is 19.1. The van der Waals surface area contributed by atoms with Gasteiger partial charge in [0.1, 0.15) is 5.75 Å². The van der Waals surface area contributed by atoms with Crippen LogP contribution in [0.1, 0.15) is 15.9 Å². The number of benzene rings is 1. The second kappa shape index (κ2) is 4.83. The highest BCUT2D eigenvalue weighted by molar-refractivity contribution is 6.05. The minimum atomic E-state index is -0.705. The Balaban J connectivity index is 2.30. The average molecular weight is 246 g/mol. The molecule has 18 heavy (non-hydrogen) atoms. The van der Waals surface area contributed by atoms with Crippen molar-refractivity contribution in [2.24, 2.45) is 0 Å². The summed E-state index contributed by atoms with van der Waals surface area (Å²) in [6.45, 7) is 1.73. The lowest BCUT2D eigenvalue weighted by Gasteiger charge is -2.10. The molecule has 0 fully saturated rings. The van der Waals surface area contributed by atoms with Gasteiger partial charge in [-0.05, 0) is 24.6 Å². The molecule has 0 unspecified atom stereocenters. The second-order valence-corrected chi connectivity index (χ2v) is 3.78. The third-order valence-corrected chi connectivity index (χ3v) is 2.51. The Kier molecular flexibility index (Phi) is 3.23. The number of aromatic nitrogens is 1. The SMILES string of the molecule is Cc1cccc(O)c1NC(=O)c1ccncc1F. The van der Waals surface area contributed by atoms with E-state index in [-0.39, 0.29) is 17.0 Å². The van der Waals surface area contributed by atoms with E-state index in [4.69, 9.17) is 0 Å². The first-order valence-electron chi connectivity index (χ1n) is 5.29. The molecule has 0 aliphatic heterocycles. The number of carbonyl (C=O) groups excluding carboxylic acids is 1. The molecule has 0 spiro atoms. The maximum absolute atomic E-state index is 13.4. The molecule has 4 nitrogen and oxygen atoms in total. The van der Waals surface area contributed by atoms with Gasteiger partial charge in [-0.15, -0.1) is 0 Å². The van der Waals surface area contributed by atoms with Crippen LogP contribution in [0.25, 0.3) is 0 Å². The fourth-order valence-corrected chi connectivity index (χ4v) is 1.56. The van der Waals surface area contributed by atoms with Crippen molar-refractivity contribution in [3.63, 3.8) is 0 Å². The number of nitrogens with one attached hydrogen (secondary N) is 1. The predicted octanol–water partition coefficient (Wildman–Crippen LogP) is 2.49. The van der Waals surface area contributed by atoms with Crippen LogP contribution >= 0.6 is 0 Å². The van der Waals surface area contributed by atoms with Crippen molar-refractivity contribution < 1.29 is 14.3 Å². The fourth-order valence-electron chi connectivity index (χ4n) is 1.56. The third-order valence-electron chi connectivity index (χ3n) is 2.51. The Bertz CT molecular complexity index is 579. The number of aromatic hydroxyl groups is 1. The molecular formula is C13H11FN2O2. The van der Waals surface area contributed by atoms with Crippen molar-refractivity contribution >= 4 is 11.6 Å². The van der Waals surface area contributed by atoms with E-state index in [9.17, 15) is 14.3 Å². The maximum Gasteiger partial charge on any atom is 0.258 e. The van der Waals surface area contributed by atoms with Crippen LogP contribution in [0.4, 0.5) is 10.1 Å². The lowest BCUT2D eigenvalue weighted by atomic mass is 10.1. The van der Waals surface area contributed by atoms with Gasteiger partial charge in [0.15, 0.2) is 5.82 Å². The molecular weight excluding hydrogens is 235 g/mol. The second-order valence-electron chi connectivity index (χ2n) is 3.78. The number of pyridine rings is 1. The molecule has 0 saturated heterocycles. The first-order chi connectivity index (χ1) is 8.59. The normalized spacial score (nSPS) is 10.1. The van der Waals surface area contributed by atoms with Gasteiger partial charge in [-0.25, -0.2) is 4.39 Å². The number of anilines is 1. The summed E-state index contributed by atoms with van der Waals surface area (Å²) in [6, 6.07) is 6.12. The first kappa shape index (κ1) is 12.0. The zero-order valence-corrected chi connectivity index (χ0v) is 9.64. The van der Waals surface area contributed by atoms with Gasteiger partial charge in [0.05, 0.1) is 17.4 Å². The Labute approximate surface area is 103 Å². The number of phenolic OH excluding ortho intramolecular Hbond substituents is 1. The Hall–Kier alpha value is -2.43. The molecule has 92 valence electrons. The van der Waals surface area contributed by atoms with Crippen LogP contribution < -0.4 is 5.32 Å². The number of halogens is 1. The topological polar surface area (TPSA) is 62.2 Å². The molecule has 5 heteroatoms. The summed E-state index contributed by atoms with van der Waals surface area (Å²) in [4.78, 5) is 15.4. The summed E-state index contributed by atoms with van der Waals surface area (Å²) in [6.07, 6.45) is 2.29. The number of hydrogen-bond donors (Lipinski definition) is 2. The lowest BCUT2D eigenvalue weighted by Crippen LogP contribution is -2.14. The third kappa shape index (κ3) is 2.29. The molecule has 0 atom stereocenters. The number of phenols is 1.